The van der Waals surface area contributed by atoms with Gasteiger partial charge in [-0.05, 0) is 19.1 Å². The van der Waals surface area contributed by atoms with E-state index >= 15 is 0 Å². The maximum atomic E-state index is 11.2. The zero-order valence-electron chi connectivity index (χ0n) is 8.77. The minimum absolute atomic E-state index is 0.0739. The van der Waals surface area contributed by atoms with Crippen LogP contribution in [0.2, 0.25) is 0 Å². The number of nitrogens with zero attached hydrogens (tertiary/aromatic N) is 1. The Bertz CT molecular complexity index is 392. The second kappa shape index (κ2) is 5.82. The number of pyridine rings is 1. The monoisotopic (exact) mass is 224 g/mol. The van der Waals surface area contributed by atoms with Crippen molar-refractivity contribution in [3.05, 3.63) is 23.9 Å². The van der Waals surface area contributed by atoms with Crippen molar-refractivity contribution in [2.75, 3.05) is 18.5 Å². The van der Waals surface area contributed by atoms with E-state index in [1.165, 1.54) is 18.2 Å². The Hall–Kier alpha value is -1.95. The molecule has 1 aromatic heterocycles. The summed E-state index contributed by atoms with van der Waals surface area (Å²) in [6.45, 7) is 2.14. The Kier molecular flexibility index (Phi) is 4.41. The second-order valence-electron chi connectivity index (χ2n) is 2.90. The van der Waals surface area contributed by atoms with E-state index < -0.39 is 5.97 Å². The Morgan fingerprint density at radius 2 is 2.25 bits per heavy atom. The third kappa shape index (κ3) is 3.66. The van der Waals surface area contributed by atoms with E-state index in [-0.39, 0.29) is 24.0 Å². The highest BCUT2D eigenvalue weighted by molar-refractivity contribution is 5.92. The molecule has 1 rings (SSSR count). The van der Waals surface area contributed by atoms with Gasteiger partial charge in [0.1, 0.15) is 12.4 Å². The largest absolute Gasteiger partial charge is 0.477 e. The number of carboxylic acids is 1. The molecule has 0 atom stereocenters. The van der Waals surface area contributed by atoms with Gasteiger partial charge in [-0.2, -0.15) is 0 Å². The number of carboxylic acid groups (broad SMARTS) is 1. The third-order valence-electron chi connectivity index (χ3n) is 1.67. The van der Waals surface area contributed by atoms with Crippen molar-refractivity contribution in [3.8, 4) is 0 Å². The van der Waals surface area contributed by atoms with Gasteiger partial charge in [0.25, 0.3) is 5.91 Å². The van der Waals surface area contributed by atoms with Gasteiger partial charge in [0, 0.05) is 6.61 Å². The van der Waals surface area contributed by atoms with Gasteiger partial charge in [-0.1, -0.05) is 6.07 Å². The van der Waals surface area contributed by atoms with Crippen molar-refractivity contribution in [2.24, 2.45) is 0 Å². The smallest absolute Gasteiger partial charge is 0.354 e. The van der Waals surface area contributed by atoms with Crippen molar-refractivity contribution in [1.82, 2.24) is 4.98 Å². The quantitative estimate of drug-likeness (QED) is 0.770. The average molecular weight is 224 g/mol. The van der Waals surface area contributed by atoms with Crippen LogP contribution in [0.15, 0.2) is 18.2 Å². The molecule has 2 N–H and O–H groups in total. The lowest BCUT2D eigenvalue weighted by Gasteiger charge is -2.04. The van der Waals surface area contributed by atoms with Crippen LogP contribution in [0.25, 0.3) is 0 Å². The van der Waals surface area contributed by atoms with Crippen LogP contribution in [0.5, 0.6) is 0 Å². The number of nitrogens with one attached hydrogen (secondary N) is 1. The molecule has 86 valence electrons. The van der Waals surface area contributed by atoms with Crippen LogP contribution < -0.4 is 5.32 Å². The van der Waals surface area contributed by atoms with E-state index in [0.717, 1.165) is 0 Å². The predicted octanol–water partition coefficient (Wildman–Crippen LogP) is 0.755. The van der Waals surface area contributed by atoms with Crippen LogP contribution in [0, 0.1) is 0 Å². The Morgan fingerprint density at radius 1 is 1.50 bits per heavy atom. The topological polar surface area (TPSA) is 88.5 Å². The molecular formula is C10H12N2O4. The van der Waals surface area contributed by atoms with Crippen molar-refractivity contribution in [2.45, 2.75) is 6.92 Å². The van der Waals surface area contributed by atoms with Gasteiger partial charge in [-0.3, -0.25) is 4.79 Å². The van der Waals surface area contributed by atoms with Crippen LogP contribution in [0.3, 0.4) is 0 Å². The molecule has 6 heteroatoms. The lowest BCUT2D eigenvalue weighted by Crippen LogP contribution is -2.19. The number of hydrogen-bond donors (Lipinski definition) is 2. The van der Waals surface area contributed by atoms with E-state index in [1.807, 2.05) is 0 Å². The number of carbonyl (C=O) groups is 2. The van der Waals surface area contributed by atoms with Gasteiger partial charge in [0.2, 0.25) is 0 Å². The molecule has 16 heavy (non-hydrogen) atoms. The summed E-state index contributed by atoms with van der Waals surface area (Å²) in [5.41, 5.74) is -0.116. The summed E-state index contributed by atoms with van der Waals surface area (Å²) in [7, 11) is 0. The van der Waals surface area contributed by atoms with Crippen molar-refractivity contribution < 1.29 is 19.4 Å². The number of rotatable bonds is 5. The van der Waals surface area contributed by atoms with E-state index in [0.29, 0.717) is 6.61 Å². The first-order valence-electron chi connectivity index (χ1n) is 4.71. The summed E-state index contributed by atoms with van der Waals surface area (Å²) < 4.78 is 4.89. The first-order chi connectivity index (χ1) is 7.63. The summed E-state index contributed by atoms with van der Waals surface area (Å²) in [6, 6.07) is 4.36. The molecule has 0 bridgehead atoms. The van der Waals surface area contributed by atoms with Crippen LogP contribution in [0.4, 0.5) is 5.82 Å². The van der Waals surface area contributed by atoms with Crippen molar-refractivity contribution in [3.63, 3.8) is 0 Å². The first kappa shape index (κ1) is 12.1. The summed E-state index contributed by atoms with van der Waals surface area (Å²) in [5.74, 6) is -1.30. The van der Waals surface area contributed by atoms with Crippen LogP contribution >= 0.6 is 0 Å². The predicted molar refractivity (Wildman–Crippen MR) is 56.3 cm³/mol. The number of hydrogen-bond acceptors (Lipinski definition) is 4. The van der Waals surface area contributed by atoms with E-state index in [4.69, 9.17) is 9.84 Å². The molecule has 0 spiro atoms. The lowest BCUT2D eigenvalue weighted by atomic mass is 10.3. The molecule has 1 amide bonds. The molecule has 6 nitrogen and oxygen atoms in total. The molecule has 0 unspecified atom stereocenters. The van der Waals surface area contributed by atoms with Gasteiger partial charge in [-0.15, -0.1) is 0 Å². The fourth-order valence-electron chi connectivity index (χ4n) is 0.997. The highest BCUT2D eigenvalue weighted by Gasteiger charge is 2.07. The minimum Gasteiger partial charge on any atom is -0.477 e. The van der Waals surface area contributed by atoms with Crippen LogP contribution in [-0.2, 0) is 9.53 Å². The van der Waals surface area contributed by atoms with E-state index in [2.05, 4.69) is 10.3 Å². The molecule has 0 aliphatic rings. The molecule has 1 aromatic rings. The normalized spacial score (nSPS) is 9.81. The zero-order chi connectivity index (χ0) is 12.0. The molecular weight excluding hydrogens is 212 g/mol. The van der Waals surface area contributed by atoms with Gasteiger partial charge in [0.15, 0.2) is 5.69 Å². The fraction of sp³-hybridized carbons (Fsp3) is 0.300. The van der Waals surface area contributed by atoms with Gasteiger partial charge in [0.05, 0.1) is 0 Å². The highest BCUT2D eigenvalue weighted by atomic mass is 16.5. The SMILES string of the molecule is CCOCC(=O)Nc1cccc(C(=O)O)n1. The van der Waals surface area contributed by atoms with Crippen molar-refractivity contribution in [1.29, 1.82) is 0 Å². The summed E-state index contributed by atoms with van der Waals surface area (Å²) in [4.78, 5) is 25.6. The Labute approximate surface area is 92.3 Å². The molecule has 0 aliphatic carbocycles. The molecule has 1 heterocycles. The number of aromatic nitrogens is 1. The zero-order valence-corrected chi connectivity index (χ0v) is 8.77. The molecule has 0 fully saturated rings. The lowest BCUT2D eigenvalue weighted by molar-refractivity contribution is -0.120. The minimum atomic E-state index is -1.14. The number of anilines is 1. The number of aromatic carboxylic acids is 1. The van der Waals surface area contributed by atoms with Gasteiger partial charge < -0.3 is 15.2 Å². The van der Waals surface area contributed by atoms with E-state index in [1.54, 1.807) is 6.92 Å². The van der Waals surface area contributed by atoms with E-state index in [9.17, 15) is 9.59 Å². The first-order valence-corrected chi connectivity index (χ1v) is 4.71. The maximum Gasteiger partial charge on any atom is 0.354 e. The summed E-state index contributed by atoms with van der Waals surface area (Å²) >= 11 is 0. The average Bonchev–Trinajstić information content (AvgIpc) is 2.26. The second-order valence-corrected chi connectivity index (χ2v) is 2.90. The molecule has 0 aliphatic heterocycles. The molecule has 0 radical (unpaired) electrons. The van der Waals surface area contributed by atoms with Crippen LogP contribution in [-0.4, -0.2) is 35.2 Å². The number of carbonyl (C=O) groups excluding carboxylic acids is 1. The summed E-state index contributed by atoms with van der Waals surface area (Å²) in [6.07, 6.45) is 0. The van der Waals surface area contributed by atoms with Gasteiger partial charge >= 0.3 is 5.97 Å². The van der Waals surface area contributed by atoms with Gasteiger partial charge in [-0.25, -0.2) is 9.78 Å². The third-order valence-corrected chi connectivity index (χ3v) is 1.67. The standard InChI is InChI=1S/C10H12N2O4/c1-2-16-6-9(13)12-8-5-3-4-7(11-8)10(14)15/h3-5H,2,6H2,1H3,(H,14,15)(H,11,12,13). The molecule has 0 saturated heterocycles. The Balaban J connectivity index is 2.63. The Morgan fingerprint density at radius 3 is 2.88 bits per heavy atom. The summed E-state index contributed by atoms with van der Waals surface area (Å²) in [5, 5.41) is 11.1. The fourth-order valence-corrected chi connectivity index (χ4v) is 0.997. The number of ether oxygens (including phenoxy) is 1. The maximum absolute atomic E-state index is 11.2. The van der Waals surface area contributed by atoms with Crippen molar-refractivity contribution >= 4 is 17.7 Å². The molecule has 0 aromatic carbocycles. The molecule has 0 saturated carbocycles. The van der Waals surface area contributed by atoms with Crippen LogP contribution in [0.1, 0.15) is 17.4 Å². The number of amides is 1. The highest BCUT2D eigenvalue weighted by Crippen LogP contribution is 2.04.